The van der Waals surface area contributed by atoms with E-state index >= 15 is 0 Å². The van der Waals surface area contributed by atoms with Gasteiger partial charge in [-0.2, -0.15) is 0 Å². The Morgan fingerprint density at radius 2 is 0.527 bits per heavy atom. The van der Waals surface area contributed by atoms with E-state index in [4.69, 9.17) is 37.0 Å². The largest absolute Gasteiger partial charge is 0.472 e. The van der Waals surface area contributed by atoms with Crippen molar-refractivity contribution in [3.63, 3.8) is 0 Å². The van der Waals surface area contributed by atoms with Gasteiger partial charge in [0.1, 0.15) is 19.3 Å². The van der Waals surface area contributed by atoms with Crippen LogP contribution in [0.2, 0.25) is 0 Å². The van der Waals surface area contributed by atoms with Crippen LogP contribution >= 0.6 is 15.6 Å². The third kappa shape index (κ3) is 63.9. The second kappa shape index (κ2) is 61.6. The Morgan fingerprint density at radius 3 is 0.780 bits per heavy atom. The van der Waals surface area contributed by atoms with Crippen LogP contribution in [0.5, 0.6) is 0 Å². The summed E-state index contributed by atoms with van der Waals surface area (Å²) in [6.07, 6.45) is 44.5. The topological polar surface area (TPSA) is 237 Å². The third-order valence-corrected chi connectivity index (χ3v) is 19.2. The number of hydrogen-bond acceptors (Lipinski definition) is 15. The number of ether oxygens (including phenoxy) is 4. The van der Waals surface area contributed by atoms with E-state index in [9.17, 15) is 43.2 Å². The molecule has 0 aliphatic rings. The van der Waals surface area contributed by atoms with Crippen LogP contribution in [0.15, 0.2) is 0 Å². The minimum absolute atomic E-state index is 0.104. The van der Waals surface area contributed by atoms with E-state index in [1.165, 1.54) is 154 Å². The molecule has 0 saturated carbocycles. The van der Waals surface area contributed by atoms with Crippen molar-refractivity contribution in [2.75, 3.05) is 39.6 Å². The van der Waals surface area contributed by atoms with Crippen molar-refractivity contribution in [2.45, 2.75) is 375 Å². The quantitative estimate of drug-likeness (QED) is 0.0222. The molecule has 17 nitrogen and oxygen atoms in total. The zero-order chi connectivity index (χ0) is 67.5. The highest BCUT2D eigenvalue weighted by Gasteiger charge is 2.30. The van der Waals surface area contributed by atoms with E-state index in [-0.39, 0.29) is 25.7 Å². The van der Waals surface area contributed by atoms with Gasteiger partial charge in [-0.05, 0) is 49.4 Å². The number of phosphoric ester groups is 2. The van der Waals surface area contributed by atoms with Gasteiger partial charge in [-0.1, -0.05) is 306 Å². The Morgan fingerprint density at radius 1 is 0.308 bits per heavy atom. The number of esters is 4. The highest BCUT2D eigenvalue weighted by molar-refractivity contribution is 7.47. The van der Waals surface area contributed by atoms with Crippen LogP contribution < -0.4 is 0 Å². The van der Waals surface area contributed by atoms with E-state index in [1.807, 2.05) is 0 Å². The minimum Gasteiger partial charge on any atom is -0.462 e. The molecule has 19 heteroatoms. The monoisotopic (exact) mass is 1340 g/mol. The summed E-state index contributed by atoms with van der Waals surface area (Å²) in [5.74, 6) is 0.911. The number of carbonyl (C=O) groups is 4. The molecule has 0 aromatic carbocycles. The summed E-state index contributed by atoms with van der Waals surface area (Å²) in [5.41, 5.74) is 0. The van der Waals surface area contributed by atoms with E-state index in [2.05, 4.69) is 55.4 Å². The first kappa shape index (κ1) is 89.1. The zero-order valence-corrected chi connectivity index (χ0v) is 61.3. The molecule has 3 N–H and O–H groups in total. The molecule has 0 spiro atoms. The fourth-order valence-electron chi connectivity index (χ4n) is 10.8. The molecule has 0 fully saturated rings. The number of hydrogen-bond donors (Lipinski definition) is 3. The second-order valence-corrected chi connectivity index (χ2v) is 30.3. The summed E-state index contributed by atoms with van der Waals surface area (Å²) in [6, 6.07) is 0. The number of unbranched alkanes of at least 4 members (excludes halogenated alkanes) is 33. The smallest absolute Gasteiger partial charge is 0.462 e. The van der Waals surface area contributed by atoms with Gasteiger partial charge in [-0.25, -0.2) is 9.13 Å². The molecule has 0 amide bonds. The summed E-state index contributed by atoms with van der Waals surface area (Å²) >= 11 is 0. The first-order valence-electron chi connectivity index (χ1n) is 37.3. The number of aliphatic hydroxyl groups is 1. The average Bonchev–Trinajstić information content (AvgIpc) is 3.57. The SMILES string of the molecule is CCC(C)CCCCCCCCCCCCCCCCC(=O)O[C@H](COC(=O)CCCCCCCCCCC(C)C)COP(=O)(O)OC[C@@H](O)COP(=O)(O)OC[C@@H](COC(=O)CCCCCCCCC(C)CC)OC(=O)CCCCCCCCCCCC(C)C. The lowest BCUT2D eigenvalue weighted by Crippen LogP contribution is -2.30. The maximum absolute atomic E-state index is 13.0. The highest BCUT2D eigenvalue weighted by Crippen LogP contribution is 2.45. The van der Waals surface area contributed by atoms with Crippen LogP contribution in [-0.4, -0.2) is 96.7 Å². The highest BCUT2D eigenvalue weighted by atomic mass is 31.2. The van der Waals surface area contributed by atoms with Gasteiger partial charge in [0.15, 0.2) is 12.2 Å². The minimum atomic E-state index is -4.95. The van der Waals surface area contributed by atoms with Gasteiger partial charge in [-0.3, -0.25) is 37.3 Å². The molecule has 0 rings (SSSR count). The van der Waals surface area contributed by atoms with Gasteiger partial charge < -0.3 is 33.8 Å². The molecule has 0 radical (unpaired) electrons. The normalized spacial score (nSPS) is 14.8. The summed E-state index contributed by atoms with van der Waals surface area (Å²) in [5, 5.41) is 10.6. The Bertz CT molecular complexity index is 1800. The molecule has 7 atom stereocenters. The molecule has 0 aromatic heterocycles. The molecular weight excluding hydrogens is 1200 g/mol. The Balaban J connectivity index is 5.24. The van der Waals surface area contributed by atoms with Crippen molar-refractivity contribution < 1.29 is 80.2 Å². The van der Waals surface area contributed by atoms with Crippen molar-refractivity contribution in [1.29, 1.82) is 0 Å². The maximum Gasteiger partial charge on any atom is 0.472 e. The van der Waals surface area contributed by atoms with Crippen LogP contribution in [0.4, 0.5) is 0 Å². The van der Waals surface area contributed by atoms with E-state index < -0.39 is 97.5 Å². The maximum atomic E-state index is 13.0. The van der Waals surface area contributed by atoms with Crippen molar-refractivity contribution in [2.24, 2.45) is 23.7 Å². The standard InChI is InChI=1S/C72H140O17P2/c1-9-64(7)50-42-34-26-19-15-13-11-12-14-16-20-28-38-46-54-71(76)88-67(58-82-69(74)52-44-36-27-23-22-25-33-41-49-63(5)6)60-86-90(78,79)84-56-66(73)57-85-91(80,81)87-61-68(59-83-70(75)53-45-37-31-30-35-43-51-65(8)10-2)89-72(77)55-47-39-29-21-17-18-24-32-40-48-62(3)4/h62-68,73H,9-61H2,1-8H3,(H,78,79)(H,80,81)/t64?,65?,66-,67-,68-/m1/s1. The molecular formula is C72H140O17P2. The third-order valence-electron chi connectivity index (χ3n) is 17.3. The Kier molecular flexibility index (Phi) is 60.3. The number of aliphatic hydroxyl groups excluding tert-OH is 1. The van der Waals surface area contributed by atoms with Gasteiger partial charge in [0, 0.05) is 25.7 Å². The molecule has 4 unspecified atom stereocenters. The lowest BCUT2D eigenvalue weighted by Gasteiger charge is -2.21. The van der Waals surface area contributed by atoms with E-state index in [0.29, 0.717) is 25.7 Å². The Labute approximate surface area is 556 Å². The lowest BCUT2D eigenvalue weighted by atomic mass is 9.99. The summed E-state index contributed by atoms with van der Waals surface area (Å²) in [7, 11) is -9.91. The predicted octanol–water partition coefficient (Wildman–Crippen LogP) is 20.5. The molecule has 540 valence electrons. The molecule has 0 bridgehead atoms. The molecule has 91 heavy (non-hydrogen) atoms. The summed E-state index contributed by atoms with van der Waals surface area (Å²) < 4.78 is 68.3. The van der Waals surface area contributed by atoms with E-state index in [1.54, 1.807) is 0 Å². The fraction of sp³-hybridized carbons (Fsp3) is 0.944. The van der Waals surface area contributed by atoms with Crippen molar-refractivity contribution in [3.8, 4) is 0 Å². The van der Waals surface area contributed by atoms with Gasteiger partial charge in [0.2, 0.25) is 0 Å². The number of rotatable bonds is 69. The molecule has 0 heterocycles. The number of phosphoric acid groups is 2. The zero-order valence-electron chi connectivity index (χ0n) is 59.5. The van der Waals surface area contributed by atoms with Gasteiger partial charge in [0.05, 0.1) is 26.4 Å². The molecule has 0 aliphatic heterocycles. The van der Waals surface area contributed by atoms with E-state index in [0.717, 1.165) is 120 Å². The summed E-state index contributed by atoms with van der Waals surface area (Å²) in [6.45, 7) is 14.1. The van der Waals surface area contributed by atoms with Gasteiger partial charge in [0.25, 0.3) is 0 Å². The Hall–Kier alpha value is -1.94. The predicted molar refractivity (Wildman–Crippen MR) is 367 cm³/mol. The van der Waals surface area contributed by atoms with Crippen LogP contribution in [0.3, 0.4) is 0 Å². The van der Waals surface area contributed by atoms with Crippen molar-refractivity contribution in [3.05, 3.63) is 0 Å². The van der Waals surface area contributed by atoms with Crippen LogP contribution in [0.1, 0.15) is 357 Å². The molecule has 0 saturated heterocycles. The van der Waals surface area contributed by atoms with Crippen LogP contribution in [-0.2, 0) is 65.4 Å². The van der Waals surface area contributed by atoms with Gasteiger partial charge in [-0.15, -0.1) is 0 Å². The second-order valence-electron chi connectivity index (χ2n) is 27.4. The van der Waals surface area contributed by atoms with Crippen LogP contribution in [0.25, 0.3) is 0 Å². The molecule has 0 aromatic rings. The summed E-state index contributed by atoms with van der Waals surface area (Å²) in [4.78, 5) is 72.6. The molecule has 0 aliphatic carbocycles. The fourth-order valence-corrected chi connectivity index (χ4v) is 12.4. The average molecular weight is 1340 g/mol. The first-order valence-corrected chi connectivity index (χ1v) is 40.3. The van der Waals surface area contributed by atoms with Crippen molar-refractivity contribution >= 4 is 39.5 Å². The van der Waals surface area contributed by atoms with Crippen molar-refractivity contribution in [1.82, 2.24) is 0 Å². The van der Waals surface area contributed by atoms with Gasteiger partial charge >= 0.3 is 39.5 Å². The lowest BCUT2D eigenvalue weighted by molar-refractivity contribution is -0.161. The first-order chi connectivity index (χ1) is 43.7. The van der Waals surface area contributed by atoms with Crippen LogP contribution in [0, 0.1) is 23.7 Å². The number of carbonyl (C=O) groups excluding carboxylic acids is 4.